The zero-order valence-electron chi connectivity index (χ0n) is 17.0. The molecular formula is C22H23N5O3. The maximum Gasteiger partial charge on any atom is 0.270 e. The molecule has 1 fully saturated rings. The molecule has 0 unspecified atom stereocenters. The van der Waals surface area contributed by atoms with Gasteiger partial charge in [-0.15, -0.1) is 0 Å². The first kappa shape index (κ1) is 19.6. The molecule has 8 nitrogen and oxygen atoms in total. The standard InChI is InChI=1S/C22H23N5O3/c1-16-21(17(2)26(23-16)19-8-4-3-5-9-19)24-11-13-25(14-12-24)22(28)18-7-6-10-20(15-18)27(29)30/h3-10,15H,11-14H2,1-2H3. The molecule has 0 bridgehead atoms. The van der Waals surface area contributed by atoms with Crippen molar-refractivity contribution in [1.82, 2.24) is 14.7 Å². The van der Waals surface area contributed by atoms with Crippen molar-refractivity contribution in [3.05, 3.63) is 81.7 Å². The lowest BCUT2D eigenvalue weighted by atomic mass is 10.1. The number of rotatable bonds is 4. The number of piperazine rings is 1. The van der Waals surface area contributed by atoms with Crippen molar-refractivity contribution < 1.29 is 9.72 Å². The fraction of sp³-hybridized carbons (Fsp3) is 0.273. The van der Waals surface area contributed by atoms with Crippen LogP contribution >= 0.6 is 0 Å². The summed E-state index contributed by atoms with van der Waals surface area (Å²) < 4.78 is 1.95. The van der Waals surface area contributed by atoms with Crippen LogP contribution in [0.25, 0.3) is 5.69 Å². The quantitative estimate of drug-likeness (QED) is 0.491. The number of carbonyl (C=O) groups excluding carboxylic acids is 1. The minimum atomic E-state index is -0.481. The van der Waals surface area contributed by atoms with Crippen LogP contribution in [0, 0.1) is 24.0 Å². The van der Waals surface area contributed by atoms with Gasteiger partial charge >= 0.3 is 0 Å². The summed E-state index contributed by atoms with van der Waals surface area (Å²) in [4.78, 5) is 27.3. The number of aryl methyl sites for hydroxylation is 1. The lowest BCUT2D eigenvalue weighted by molar-refractivity contribution is -0.384. The van der Waals surface area contributed by atoms with Crippen LogP contribution in [0.5, 0.6) is 0 Å². The topological polar surface area (TPSA) is 84.5 Å². The molecule has 1 saturated heterocycles. The highest BCUT2D eigenvalue weighted by Gasteiger charge is 2.26. The highest BCUT2D eigenvalue weighted by atomic mass is 16.6. The van der Waals surface area contributed by atoms with Gasteiger partial charge in [-0.25, -0.2) is 4.68 Å². The Balaban J connectivity index is 1.49. The van der Waals surface area contributed by atoms with Gasteiger partial charge in [-0.1, -0.05) is 24.3 Å². The monoisotopic (exact) mass is 405 g/mol. The van der Waals surface area contributed by atoms with Gasteiger partial charge in [-0.3, -0.25) is 14.9 Å². The van der Waals surface area contributed by atoms with E-state index in [0.29, 0.717) is 31.7 Å². The van der Waals surface area contributed by atoms with Gasteiger partial charge in [0, 0.05) is 43.9 Å². The number of benzene rings is 2. The van der Waals surface area contributed by atoms with E-state index in [1.807, 2.05) is 41.9 Å². The second-order valence-corrected chi connectivity index (χ2v) is 7.35. The number of amides is 1. The Morgan fingerprint density at radius 2 is 1.70 bits per heavy atom. The van der Waals surface area contributed by atoms with Gasteiger partial charge in [0.15, 0.2) is 0 Å². The molecule has 2 heterocycles. The zero-order valence-corrected chi connectivity index (χ0v) is 17.0. The molecular weight excluding hydrogens is 382 g/mol. The van der Waals surface area contributed by atoms with Crippen LogP contribution in [0.2, 0.25) is 0 Å². The van der Waals surface area contributed by atoms with Crippen LogP contribution in [0.4, 0.5) is 11.4 Å². The lowest BCUT2D eigenvalue weighted by Gasteiger charge is -2.36. The SMILES string of the molecule is Cc1nn(-c2ccccc2)c(C)c1N1CCN(C(=O)c2cccc([N+](=O)[O-])c2)CC1. The molecule has 0 aliphatic carbocycles. The number of non-ortho nitro benzene ring substituents is 1. The maximum atomic E-state index is 12.8. The first-order chi connectivity index (χ1) is 14.5. The average Bonchev–Trinajstić information content (AvgIpc) is 3.08. The fourth-order valence-corrected chi connectivity index (χ4v) is 3.98. The third-order valence-corrected chi connectivity index (χ3v) is 5.44. The van der Waals surface area contributed by atoms with Crippen molar-refractivity contribution in [3.63, 3.8) is 0 Å². The van der Waals surface area contributed by atoms with Crippen LogP contribution in [-0.4, -0.2) is 51.7 Å². The zero-order chi connectivity index (χ0) is 21.3. The smallest absolute Gasteiger partial charge is 0.270 e. The summed E-state index contributed by atoms with van der Waals surface area (Å²) in [5.74, 6) is -0.174. The van der Waals surface area contributed by atoms with Gasteiger partial charge < -0.3 is 9.80 Å². The minimum Gasteiger partial charge on any atom is -0.365 e. The van der Waals surface area contributed by atoms with E-state index in [0.717, 1.165) is 22.8 Å². The third kappa shape index (κ3) is 3.63. The molecule has 8 heteroatoms. The van der Waals surface area contributed by atoms with Crippen LogP contribution in [-0.2, 0) is 0 Å². The second-order valence-electron chi connectivity index (χ2n) is 7.35. The predicted molar refractivity (Wildman–Crippen MR) is 114 cm³/mol. The predicted octanol–water partition coefficient (Wildman–Crippen LogP) is 3.36. The Bertz CT molecular complexity index is 1090. The minimum absolute atomic E-state index is 0.0703. The normalized spacial score (nSPS) is 14.1. The Labute approximate surface area is 174 Å². The first-order valence-electron chi connectivity index (χ1n) is 9.86. The summed E-state index contributed by atoms with van der Waals surface area (Å²) in [7, 11) is 0. The van der Waals surface area contributed by atoms with Crippen molar-refractivity contribution in [2.45, 2.75) is 13.8 Å². The van der Waals surface area contributed by atoms with Crippen molar-refractivity contribution in [1.29, 1.82) is 0 Å². The molecule has 4 rings (SSSR count). The number of para-hydroxylation sites is 1. The highest BCUT2D eigenvalue weighted by molar-refractivity contribution is 5.95. The van der Waals surface area contributed by atoms with Gasteiger partial charge in [0.05, 0.1) is 27.7 Å². The van der Waals surface area contributed by atoms with Crippen LogP contribution in [0.1, 0.15) is 21.7 Å². The number of carbonyl (C=O) groups is 1. The summed E-state index contributed by atoms with van der Waals surface area (Å²) in [6.07, 6.45) is 0. The van der Waals surface area contributed by atoms with Gasteiger partial charge in [0.25, 0.3) is 11.6 Å². The number of aromatic nitrogens is 2. The largest absolute Gasteiger partial charge is 0.365 e. The number of hydrogen-bond donors (Lipinski definition) is 0. The Kier molecular flexibility index (Phi) is 5.22. The van der Waals surface area contributed by atoms with Crippen LogP contribution in [0.3, 0.4) is 0 Å². The molecule has 3 aromatic rings. The Morgan fingerprint density at radius 3 is 2.37 bits per heavy atom. The van der Waals surface area contributed by atoms with E-state index in [4.69, 9.17) is 5.10 Å². The van der Waals surface area contributed by atoms with E-state index in [-0.39, 0.29) is 11.6 Å². The van der Waals surface area contributed by atoms with E-state index < -0.39 is 4.92 Å². The number of anilines is 1. The molecule has 30 heavy (non-hydrogen) atoms. The summed E-state index contributed by atoms with van der Waals surface area (Å²) in [6, 6.07) is 15.9. The van der Waals surface area contributed by atoms with Crippen molar-refractivity contribution in [2.24, 2.45) is 0 Å². The molecule has 1 aliphatic rings. The molecule has 154 valence electrons. The Morgan fingerprint density at radius 1 is 1.00 bits per heavy atom. The van der Waals surface area contributed by atoms with Gasteiger partial charge in [-0.05, 0) is 32.0 Å². The number of nitro groups is 1. The molecule has 0 atom stereocenters. The summed E-state index contributed by atoms with van der Waals surface area (Å²) in [5, 5.41) is 15.7. The van der Waals surface area contributed by atoms with Crippen molar-refractivity contribution in [3.8, 4) is 5.69 Å². The number of nitrogens with zero attached hydrogens (tertiary/aromatic N) is 5. The third-order valence-electron chi connectivity index (χ3n) is 5.44. The van der Waals surface area contributed by atoms with E-state index in [1.165, 1.54) is 12.1 Å². The maximum absolute atomic E-state index is 12.8. The summed E-state index contributed by atoms with van der Waals surface area (Å²) in [6.45, 7) is 6.53. The van der Waals surface area contributed by atoms with E-state index in [9.17, 15) is 14.9 Å². The molecule has 1 amide bonds. The van der Waals surface area contributed by atoms with Gasteiger partial charge in [0.1, 0.15) is 0 Å². The summed E-state index contributed by atoms with van der Waals surface area (Å²) >= 11 is 0. The number of nitro benzene ring substituents is 1. The molecule has 0 saturated carbocycles. The average molecular weight is 405 g/mol. The van der Waals surface area contributed by atoms with Gasteiger partial charge in [0.2, 0.25) is 0 Å². The van der Waals surface area contributed by atoms with Crippen molar-refractivity contribution in [2.75, 3.05) is 31.1 Å². The van der Waals surface area contributed by atoms with Crippen molar-refractivity contribution >= 4 is 17.3 Å². The molecule has 1 aromatic heterocycles. The van der Waals surface area contributed by atoms with E-state index >= 15 is 0 Å². The second kappa shape index (κ2) is 7.98. The fourth-order valence-electron chi connectivity index (χ4n) is 3.98. The molecule has 0 N–H and O–H groups in total. The Hall–Kier alpha value is -3.68. The summed E-state index contributed by atoms with van der Waals surface area (Å²) in [5.41, 5.74) is 4.41. The van der Waals surface area contributed by atoms with Crippen LogP contribution in [0.15, 0.2) is 54.6 Å². The van der Waals surface area contributed by atoms with Crippen LogP contribution < -0.4 is 4.90 Å². The van der Waals surface area contributed by atoms with E-state index in [1.54, 1.807) is 17.0 Å². The molecule has 1 aliphatic heterocycles. The molecule has 0 spiro atoms. The number of hydrogen-bond acceptors (Lipinski definition) is 5. The van der Waals surface area contributed by atoms with Gasteiger partial charge in [-0.2, -0.15) is 5.10 Å². The highest BCUT2D eigenvalue weighted by Crippen LogP contribution is 2.28. The molecule has 2 aromatic carbocycles. The molecule has 0 radical (unpaired) electrons. The first-order valence-corrected chi connectivity index (χ1v) is 9.86. The lowest BCUT2D eigenvalue weighted by Crippen LogP contribution is -2.49. The van der Waals surface area contributed by atoms with E-state index in [2.05, 4.69) is 11.8 Å².